The largest absolute Gasteiger partial charge is 0.387 e. The molecule has 0 spiro atoms. The third kappa shape index (κ3) is 2.28. The minimum atomic E-state index is -2.04. The second-order valence-electron chi connectivity index (χ2n) is 4.40. The Morgan fingerprint density at radius 1 is 1.65 bits per heavy atom. The lowest BCUT2D eigenvalue weighted by Gasteiger charge is -2.40. The quantitative estimate of drug-likeness (QED) is 0.743. The van der Waals surface area contributed by atoms with E-state index in [0.717, 1.165) is 6.92 Å². The van der Waals surface area contributed by atoms with Gasteiger partial charge in [0.2, 0.25) is 5.95 Å². The van der Waals surface area contributed by atoms with Gasteiger partial charge in [0.15, 0.2) is 5.67 Å². The van der Waals surface area contributed by atoms with E-state index in [4.69, 9.17) is 5.73 Å². The van der Waals surface area contributed by atoms with Crippen molar-refractivity contribution in [2.24, 2.45) is 0 Å². The lowest BCUT2D eigenvalue weighted by Crippen LogP contribution is -2.59. The monoisotopic (exact) mass is 244 g/mol. The lowest BCUT2D eigenvalue weighted by atomic mass is 9.92. The number of aliphatic hydroxyl groups is 1. The molecule has 3 N–H and O–H groups in total. The third-order valence-corrected chi connectivity index (χ3v) is 2.80. The number of nitrogen functional groups attached to an aromatic ring is 1. The number of aliphatic hydroxyl groups excluding tert-OH is 1. The van der Waals surface area contributed by atoms with Gasteiger partial charge in [-0.2, -0.15) is 4.98 Å². The first kappa shape index (κ1) is 12.0. The van der Waals surface area contributed by atoms with Crippen molar-refractivity contribution >= 4 is 11.8 Å². The van der Waals surface area contributed by atoms with Crippen molar-refractivity contribution in [3.8, 4) is 0 Å². The van der Waals surface area contributed by atoms with Gasteiger partial charge in [-0.25, -0.2) is 13.8 Å². The normalized spacial score (nSPS) is 33.8. The van der Waals surface area contributed by atoms with Crippen LogP contribution in [0.4, 0.5) is 20.5 Å². The van der Waals surface area contributed by atoms with Crippen LogP contribution in [-0.4, -0.2) is 46.1 Å². The van der Waals surface area contributed by atoms with Crippen LogP contribution >= 0.6 is 0 Å². The molecule has 1 aromatic rings. The van der Waals surface area contributed by atoms with Crippen molar-refractivity contribution in [3.05, 3.63) is 12.3 Å². The molecule has 0 amide bonds. The first-order valence-corrected chi connectivity index (χ1v) is 5.24. The van der Waals surface area contributed by atoms with E-state index in [1.54, 1.807) is 0 Å². The Morgan fingerprint density at radius 3 is 2.94 bits per heavy atom. The minimum absolute atomic E-state index is 0.149. The summed E-state index contributed by atoms with van der Waals surface area (Å²) in [6.45, 7) is 0.838. The highest BCUT2D eigenvalue weighted by atomic mass is 19.2. The van der Waals surface area contributed by atoms with Gasteiger partial charge in [0.05, 0.1) is 13.1 Å². The van der Waals surface area contributed by atoms with E-state index in [0.29, 0.717) is 0 Å². The summed E-state index contributed by atoms with van der Waals surface area (Å²) in [6, 6.07) is 1.49. The van der Waals surface area contributed by atoms with E-state index < -0.39 is 17.9 Å². The Morgan fingerprint density at radius 2 is 2.35 bits per heavy atom. The maximum atomic E-state index is 13.9. The molecule has 0 saturated carbocycles. The molecule has 0 aliphatic carbocycles. The Balaban J connectivity index is 2.24. The second kappa shape index (κ2) is 4.06. The van der Waals surface area contributed by atoms with E-state index in [-0.39, 0.29) is 24.9 Å². The van der Waals surface area contributed by atoms with Gasteiger partial charge in [-0.05, 0) is 13.0 Å². The molecule has 0 aromatic carbocycles. The molecule has 1 saturated heterocycles. The number of nitrogens with two attached hydrogens (primary N) is 1. The van der Waals surface area contributed by atoms with Crippen molar-refractivity contribution in [1.82, 2.24) is 9.97 Å². The molecule has 2 unspecified atom stereocenters. The summed E-state index contributed by atoms with van der Waals surface area (Å²) in [4.78, 5) is 9.15. The minimum Gasteiger partial charge on any atom is -0.387 e. The van der Waals surface area contributed by atoms with Crippen LogP contribution in [0, 0.1) is 0 Å². The summed E-state index contributed by atoms with van der Waals surface area (Å²) < 4.78 is 27.4. The first-order valence-electron chi connectivity index (χ1n) is 5.24. The number of nitrogens with zero attached hydrogens (tertiary/aromatic N) is 3. The SMILES string of the molecule is C[C@]1(F)CN(c2nccc(N)n2)CC(F)C1O. The van der Waals surface area contributed by atoms with Crippen LogP contribution in [0.25, 0.3) is 0 Å². The molecule has 1 fully saturated rings. The molecule has 17 heavy (non-hydrogen) atoms. The molecule has 7 heteroatoms. The van der Waals surface area contributed by atoms with Crippen molar-refractivity contribution in [2.45, 2.75) is 24.9 Å². The summed E-state index contributed by atoms with van der Waals surface area (Å²) >= 11 is 0. The highest BCUT2D eigenvalue weighted by Crippen LogP contribution is 2.29. The van der Waals surface area contributed by atoms with E-state index in [2.05, 4.69) is 9.97 Å². The number of alkyl halides is 2. The summed E-state index contributed by atoms with van der Waals surface area (Å²) in [5, 5.41) is 9.38. The molecule has 2 heterocycles. The van der Waals surface area contributed by atoms with Gasteiger partial charge in [-0.1, -0.05) is 0 Å². The van der Waals surface area contributed by atoms with Crippen molar-refractivity contribution in [3.63, 3.8) is 0 Å². The summed E-state index contributed by atoms with van der Waals surface area (Å²) in [5.74, 6) is 0.403. The number of anilines is 2. The van der Waals surface area contributed by atoms with Gasteiger partial charge in [-0.15, -0.1) is 0 Å². The highest BCUT2D eigenvalue weighted by Gasteiger charge is 2.46. The van der Waals surface area contributed by atoms with Gasteiger partial charge in [0, 0.05) is 6.20 Å². The number of hydrogen-bond donors (Lipinski definition) is 2. The molecule has 94 valence electrons. The molecular weight excluding hydrogens is 230 g/mol. The highest BCUT2D eigenvalue weighted by molar-refractivity contribution is 5.39. The third-order valence-electron chi connectivity index (χ3n) is 2.80. The maximum Gasteiger partial charge on any atom is 0.227 e. The van der Waals surface area contributed by atoms with E-state index in [1.807, 2.05) is 0 Å². The number of rotatable bonds is 1. The standard InChI is InChI=1S/C10H14F2N4O/c1-10(12)5-16(4-6(11)8(10)17)9-14-3-2-7(13)15-9/h2-3,6,8,17H,4-5H2,1H3,(H2,13,14,15)/t6?,8?,10-/m0/s1. The second-order valence-corrected chi connectivity index (χ2v) is 4.40. The average Bonchev–Trinajstić information content (AvgIpc) is 2.25. The molecule has 2 rings (SSSR count). The summed E-state index contributed by atoms with van der Waals surface area (Å²) in [5.41, 5.74) is 3.44. The van der Waals surface area contributed by atoms with Crippen LogP contribution in [0.5, 0.6) is 0 Å². The zero-order valence-corrected chi connectivity index (χ0v) is 9.35. The molecular formula is C10H14F2N4O. The van der Waals surface area contributed by atoms with Crippen LogP contribution in [0.3, 0.4) is 0 Å². The summed E-state index contributed by atoms with van der Waals surface area (Å²) in [7, 11) is 0. The van der Waals surface area contributed by atoms with E-state index in [1.165, 1.54) is 17.2 Å². The van der Waals surface area contributed by atoms with Crippen LogP contribution in [-0.2, 0) is 0 Å². The first-order chi connectivity index (χ1) is 7.90. The molecule has 0 radical (unpaired) electrons. The molecule has 1 aromatic heterocycles. The zero-order valence-electron chi connectivity index (χ0n) is 9.35. The van der Waals surface area contributed by atoms with Gasteiger partial charge in [0.25, 0.3) is 0 Å². The lowest BCUT2D eigenvalue weighted by molar-refractivity contribution is -0.0545. The molecule has 0 bridgehead atoms. The Hall–Kier alpha value is -1.50. The predicted octanol–water partition coefficient (Wildman–Crippen LogP) is 0.306. The Kier molecular flexibility index (Phi) is 2.86. The number of hydrogen-bond acceptors (Lipinski definition) is 5. The van der Waals surface area contributed by atoms with Gasteiger partial charge >= 0.3 is 0 Å². The Labute approximate surface area is 97.3 Å². The van der Waals surface area contributed by atoms with Gasteiger partial charge in [-0.3, -0.25) is 0 Å². The maximum absolute atomic E-state index is 13.9. The van der Waals surface area contributed by atoms with Crippen LogP contribution in [0.15, 0.2) is 12.3 Å². The topological polar surface area (TPSA) is 75.3 Å². The van der Waals surface area contributed by atoms with Gasteiger partial charge < -0.3 is 15.7 Å². The smallest absolute Gasteiger partial charge is 0.227 e. The molecule has 5 nitrogen and oxygen atoms in total. The fraction of sp³-hybridized carbons (Fsp3) is 0.600. The fourth-order valence-electron chi connectivity index (χ4n) is 1.89. The fourth-order valence-corrected chi connectivity index (χ4v) is 1.89. The van der Waals surface area contributed by atoms with Gasteiger partial charge in [0.1, 0.15) is 18.1 Å². The van der Waals surface area contributed by atoms with Crippen LogP contribution in [0.1, 0.15) is 6.92 Å². The zero-order chi connectivity index (χ0) is 12.6. The Bertz CT molecular complexity index is 415. The molecule has 3 atom stereocenters. The number of aromatic nitrogens is 2. The number of piperidine rings is 1. The van der Waals surface area contributed by atoms with Crippen LogP contribution in [0.2, 0.25) is 0 Å². The number of halogens is 2. The van der Waals surface area contributed by atoms with Crippen molar-refractivity contribution < 1.29 is 13.9 Å². The summed E-state index contributed by atoms with van der Waals surface area (Å²) in [6.07, 6.45) is -1.88. The van der Waals surface area contributed by atoms with Crippen molar-refractivity contribution in [2.75, 3.05) is 23.7 Å². The predicted molar refractivity (Wildman–Crippen MR) is 59.1 cm³/mol. The van der Waals surface area contributed by atoms with E-state index in [9.17, 15) is 13.9 Å². The van der Waals surface area contributed by atoms with Crippen LogP contribution < -0.4 is 10.6 Å². The van der Waals surface area contributed by atoms with Crippen molar-refractivity contribution in [1.29, 1.82) is 0 Å². The average molecular weight is 244 g/mol. The van der Waals surface area contributed by atoms with E-state index >= 15 is 0 Å². The molecule has 1 aliphatic heterocycles. The molecule has 1 aliphatic rings.